The first-order chi connectivity index (χ1) is 8.31. The van der Waals surface area contributed by atoms with E-state index in [1.165, 1.54) is 0 Å². The molecule has 0 radical (unpaired) electrons. The predicted octanol–water partition coefficient (Wildman–Crippen LogP) is 0.559. The number of rotatable bonds is 5. The molecule has 1 atom stereocenters. The number of aryl methyl sites for hydroxylation is 2. The Kier molecular flexibility index (Phi) is 4.47. The molecule has 0 fully saturated rings. The molecule has 6 heteroatoms. The van der Waals surface area contributed by atoms with Gasteiger partial charge in [0.2, 0.25) is 5.91 Å². The van der Waals surface area contributed by atoms with Gasteiger partial charge in [-0.1, -0.05) is 0 Å². The summed E-state index contributed by atoms with van der Waals surface area (Å²) in [6.45, 7) is 5.44. The van der Waals surface area contributed by atoms with Crippen molar-refractivity contribution in [1.29, 1.82) is 0 Å². The topological polar surface area (TPSA) is 84.2 Å². The number of hydrogen-bond donors (Lipinski definition) is 2. The molecule has 1 aromatic heterocycles. The number of aromatic nitrogens is 2. The number of carboxylic acid groups (broad SMARTS) is 1. The highest BCUT2D eigenvalue weighted by Gasteiger charge is 2.15. The van der Waals surface area contributed by atoms with Crippen LogP contribution in [0, 0.1) is 13.8 Å². The van der Waals surface area contributed by atoms with Crippen molar-refractivity contribution < 1.29 is 14.7 Å². The van der Waals surface area contributed by atoms with Gasteiger partial charge in [-0.2, -0.15) is 5.10 Å². The Labute approximate surface area is 106 Å². The van der Waals surface area contributed by atoms with Gasteiger partial charge in [0.05, 0.1) is 18.5 Å². The van der Waals surface area contributed by atoms with E-state index in [-0.39, 0.29) is 24.8 Å². The van der Waals surface area contributed by atoms with Gasteiger partial charge in [-0.25, -0.2) is 0 Å². The molecule has 0 saturated carbocycles. The van der Waals surface area contributed by atoms with Gasteiger partial charge in [-0.05, 0) is 20.8 Å². The van der Waals surface area contributed by atoms with Gasteiger partial charge >= 0.3 is 5.97 Å². The highest BCUT2D eigenvalue weighted by Crippen LogP contribution is 2.12. The average molecular weight is 253 g/mol. The van der Waals surface area contributed by atoms with Crippen LogP contribution in [0.5, 0.6) is 0 Å². The molecular weight excluding hydrogens is 234 g/mol. The summed E-state index contributed by atoms with van der Waals surface area (Å²) in [5.41, 5.74) is 2.68. The molecular formula is C12H19N3O3. The minimum Gasteiger partial charge on any atom is -0.481 e. The smallest absolute Gasteiger partial charge is 0.305 e. The van der Waals surface area contributed by atoms with E-state index >= 15 is 0 Å². The SMILES string of the molecule is Cc1nn(C)c(C)c1CC(=O)NC(C)CC(=O)O. The summed E-state index contributed by atoms with van der Waals surface area (Å²) in [6, 6.07) is -0.368. The molecule has 1 aromatic rings. The summed E-state index contributed by atoms with van der Waals surface area (Å²) in [7, 11) is 1.83. The zero-order valence-electron chi connectivity index (χ0n) is 11.1. The molecule has 0 aliphatic heterocycles. The van der Waals surface area contributed by atoms with Gasteiger partial charge in [-0.15, -0.1) is 0 Å². The van der Waals surface area contributed by atoms with Crippen LogP contribution < -0.4 is 5.32 Å². The van der Waals surface area contributed by atoms with Crippen LogP contribution in [-0.4, -0.2) is 32.8 Å². The van der Waals surface area contributed by atoms with E-state index in [9.17, 15) is 9.59 Å². The van der Waals surface area contributed by atoms with Crippen molar-refractivity contribution in [1.82, 2.24) is 15.1 Å². The number of hydrogen-bond acceptors (Lipinski definition) is 3. The lowest BCUT2D eigenvalue weighted by atomic mass is 10.1. The van der Waals surface area contributed by atoms with Gasteiger partial charge in [0.25, 0.3) is 0 Å². The third-order valence-electron chi connectivity index (χ3n) is 2.88. The van der Waals surface area contributed by atoms with E-state index in [0.29, 0.717) is 0 Å². The summed E-state index contributed by atoms with van der Waals surface area (Å²) in [4.78, 5) is 22.3. The van der Waals surface area contributed by atoms with Crippen molar-refractivity contribution in [2.45, 2.75) is 39.7 Å². The van der Waals surface area contributed by atoms with Crippen molar-refractivity contribution in [3.8, 4) is 0 Å². The quantitative estimate of drug-likeness (QED) is 0.803. The van der Waals surface area contributed by atoms with Crippen molar-refractivity contribution >= 4 is 11.9 Å². The minimum atomic E-state index is -0.920. The van der Waals surface area contributed by atoms with Gasteiger partial charge in [0.15, 0.2) is 0 Å². The summed E-state index contributed by atoms with van der Waals surface area (Å²) >= 11 is 0. The predicted molar refractivity (Wildman–Crippen MR) is 66.2 cm³/mol. The molecule has 0 aromatic carbocycles. The molecule has 1 heterocycles. The molecule has 1 amide bonds. The normalized spacial score (nSPS) is 12.2. The minimum absolute atomic E-state index is 0.0727. The summed E-state index contributed by atoms with van der Waals surface area (Å²) in [6.07, 6.45) is 0.159. The molecule has 0 saturated heterocycles. The number of aliphatic carboxylic acids is 1. The van der Waals surface area contributed by atoms with Gasteiger partial charge in [-0.3, -0.25) is 14.3 Å². The number of nitrogens with one attached hydrogen (secondary N) is 1. The first kappa shape index (κ1) is 14.2. The fourth-order valence-corrected chi connectivity index (χ4v) is 1.87. The number of amides is 1. The lowest BCUT2D eigenvalue weighted by Crippen LogP contribution is -2.35. The highest BCUT2D eigenvalue weighted by molar-refractivity contribution is 5.80. The Morgan fingerprint density at radius 1 is 1.44 bits per heavy atom. The molecule has 0 aliphatic rings. The summed E-state index contributed by atoms with van der Waals surface area (Å²) < 4.78 is 1.73. The fourth-order valence-electron chi connectivity index (χ4n) is 1.87. The van der Waals surface area contributed by atoms with Crippen molar-refractivity contribution in [2.75, 3.05) is 0 Å². The van der Waals surface area contributed by atoms with E-state index in [1.807, 2.05) is 20.9 Å². The third-order valence-corrected chi connectivity index (χ3v) is 2.88. The maximum absolute atomic E-state index is 11.8. The first-order valence-corrected chi connectivity index (χ1v) is 5.81. The second-order valence-corrected chi connectivity index (χ2v) is 4.52. The van der Waals surface area contributed by atoms with Crippen LogP contribution in [-0.2, 0) is 23.1 Å². The Bertz CT molecular complexity index is 465. The Morgan fingerprint density at radius 3 is 2.50 bits per heavy atom. The molecule has 1 rings (SSSR count). The number of nitrogens with zero attached hydrogens (tertiary/aromatic N) is 2. The standard InChI is InChI=1S/C12H19N3O3/c1-7(5-12(17)18)13-11(16)6-10-8(2)14-15(4)9(10)3/h7H,5-6H2,1-4H3,(H,13,16)(H,17,18). The van der Waals surface area contributed by atoms with Crippen LogP contribution in [0.4, 0.5) is 0 Å². The highest BCUT2D eigenvalue weighted by atomic mass is 16.4. The first-order valence-electron chi connectivity index (χ1n) is 5.81. The molecule has 100 valence electrons. The maximum atomic E-state index is 11.8. The molecule has 2 N–H and O–H groups in total. The van der Waals surface area contributed by atoms with E-state index < -0.39 is 5.97 Å². The van der Waals surface area contributed by atoms with Crippen LogP contribution >= 0.6 is 0 Å². The van der Waals surface area contributed by atoms with Crippen molar-refractivity contribution in [3.05, 3.63) is 17.0 Å². The zero-order chi connectivity index (χ0) is 13.9. The molecule has 0 bridgehead atoms. The van der Waals surface area contributed by atoms with Crippen molar-refractivity contribution in [3.63, 3.8) is 0 Å². The van der Waals surface area contributed by atoms with Gasteiger partial charge in [0, 0.05) is 24.3 Å². The molecule has 18 heavy (non-hydrogen) atoms. The molecule has 0 aliphatic carbocycles. The second-order valence-electron chi connectivity index (χ2n) is 4.52. The monoisotopic (exact) mass is 253 g/mol. The Morgan fingerprint density at radius 2 is 2.06 bits per heavy atom. The molecule has 1 unspecified atom stereocenters. The zero-order valence-corrected chi connectivity index (χ0v) is 11.1. The number of carbonyl (C=O) groups is 2. The fraction of sp³-hybridized carbons (Fsp3) is 0.583. The van der Waals surface area contributed by atoms with Crippen LogP contribution in [0.3, 0.4) is 0 Å². The van der Waals surface area contributed by atoms with E-state index in [1.54, 1.807) is 11.6 Å². The van der Waals surface area contributed by atoms with E-state index in [2.05, 4.69) is 10.4 Å². The van der Waals surface area contributed by atoms with Crippen LogP contribution in [0.15, 0.2) is 0 Å². The lowest BCUT2D eigenvalue weighted by molar-refractivity contribution is -0.137. The largest absolute Gasteiger partial charge is 0.481 e. The van der Waals surface area contributed by atoms with Crippen LogP contribution in [0.2, 0.25) is 0 Å². The summed E-state index contributed by atoms with van der Waals surface area (Å²) in [5, 5.41) is 15.5. The van der Waals surface area contributed by atoms with Gasteiger partial charge in [0.1, 0.15) is 0 Å². The second kappa shape index (κ2) is 5.66. The van der Waals surface area contributed by atoms with Gasteiger partial charge < -0.3 is 10.4 Å². The van der Waals surface area contributed by atoms with Crippen LogP contribution in [0.25, 0.3) is 0 Å². The summed E-state index contributed by atoms with van der Waals surface area (Å²) in [5.74, 6) is -1.10. The van der Waals surface area contributed by atoms with E-state index in [0.717, 1.165) is 17.0 Å². The van der Waals surface area contributed by atoms with E-state index in [4.69, 9.17) is 5.11 Å². The lowest BCUT2D eigenvalue weighted by Gasteiger charge is -2.11. The van der Waals surface area contributed by atoms with Crippen LogP contribution in [0.1, 0.15) is 30.3 Å². The number of carboxylic acids is 1. The number of carbonyl (C=O) groups excluding carboxylic acids is 1. The van der Waals surface area contributed by atoms with Crippen molar-refractivity contribution in [2.24, 2.45) is 7.05 Å². The molecule has 0 spiro atoms. The maximum Gasteiger partial charge on any atom is 0.305 e. The third kappa shape index (κ3) is 3.58. The Hall–Kier alpha value is -1.85. The Balaban J connectivity index is 2.62. The average Bonchev–Trinajstić information content (AvgIpc) is 2.43. The molecule has 6 nitrogen and oxygen atoms in total.